The largest absolute Gasteiger partial charge is 0.412 e. The van der Waals surface area contributed by atoms with Crippen molar-refractivity contribution in [2.75, 3.05) is 18.0 Å². The highest BCUT2D eigenvalue weighted by atomic mass is 28.4. The van der Waals surface area contributed by atoms with E-state index in [1.807, 2.05) is 19.3 Å². The van der Waals surface area contributed by atoms with Gasteiger partial charge in [-0.25, -0.2) is 0 Å². The Morgan fingerprint density at radius 2 is 2.04 bits per heavy atom. The fourth-order valence-electron chi connectivity index (χ4n) is 3.21. The number of benzene rings is 1. The van der Waals surface area contributed by atoms with Crippen LogP contribution in [0.15, 0.2) is 18.3 Å². The normalized spacial score (nSPS) is 18.7. The van der Waals surface area contributed by atoms with Crippen molar-refractivity contribution in [3.05, 3.63) is 28.4 Å². The number of aromatic nitrogens is 2. The van der Waals surface area contributed by atoms with Gasteiger partial charge < -0.3 is 9.33 Å². The zero-order chi connectivity index (χ0) is 19.3. The lowest BCUT2D eigenvalue weighted by atomic mass is 10.2. The molecule has 1 atom stereocenters. The van der Waals surface area contributed by atoms with E-state index in [0.717, 1.165) is 18.4 Å². The molecule has 0 aliphatic carbocycles. The molecule has 0 bridgehead atoms. The minimum atomic E-state index is -1.85. The molecule has 1 fully saturated rings. The first-order chi connectivity index (χ1) is 12.0. The van der Waals surface area contributed by atoms with Crippen LogP contribution in [0.2, 0.25) is 18.1 Å². The van der Waals surface area contributed by atoms with Crippen molar-refractivity contribution < 1.29 is 9.35 Å². The summed E-state index contributed by atoms with van der Waals surface area (Å²) in [7, 11) is -0.0263. The lowest BCUT2D eigenvalue weighted by Gasteiger charge is -2.38. The standard InChI is InChI=1S/C18H28N4O3Si/c1-18(2,3)26(5,6)25-14-7-8-21(12-14)16-9-13-11-20(4)19-15(13)10-17(16)22(23)24/h9-11,14H,7-8,12H2,1-6H3. The van der Waals surface area contributed by atoms with Gasteiger partial charge in [0.05, 0.1) is 16.5 Å². The monoisotopic (exact) mass is 376 g/mol. The Bertz CT molecular complexity index is 841. The van der Waals surface area contributed by atoms with E-state index < -0.39 is 8.32 Å². The summed E-state index contributed by atoms with van der Waals surface area (Å²) < 4.78 is 8.20. The summed E-state index contributed by atoms with van der Waals surface area (Å²) in [4.78, 5) is 13.4. The third-order valence-electron chi connectivity index (χ3n) is 5.67. The van der Waals surface area contributed by atoms with Crippen molar-refractivity contribution in [3.63, 3.8) is 0 Å². The molecule has 1 aromatic heterocycles. The maximum atomic E-state index is 11.6. The zero-order valence-corrected chi connectivity index (χ0v) is 17.4. The van der Waals surface area contributed by atoms with Crippen LogP contribution in [0.3, 0.4) is 0 Å². The summed E-state index contributed by atoms with van der Waals surface area (Å²) in [5.74, 6) is 0. The van der Waals surface area contributed by atoms with Gasteiger partial charge in [0.25, 0.3) is 5.69 Å². The van der Waals surface area contributed by atoms with E-state index in [0.29, 0.717) is 17.7 Å². The molecule has 0 radical (unpaired) electrons. The van der Waals surface area contributed by atoms with E-state index in [2.05, 4.69) is 43.9 Å². The van der Waals surface area contributed by atoms with E-state index in [1.165, 1.54) is 0 Å². The second-order valence-corrected chi connectivity index (χ2v) is 13.5. The van der Waals surface area contributed by atoms with Crippen LogP contribution in [0.4, 0.5) is 11.4 Å². The summed E-state index contributed by atoms with van der Waals surface area (Å²) in [6.45, 7) is 12.7. The average Bonchev–Trinajstić information content (AvgIpc) is 3.08. The Labute approximate surface area is 155 Å². The lowest BCUT2D eigenvalue weighted by Crippen LogP contribution is -2.44. The number of hydrogen-bond acceptors (Lipinski definition) is 5. The van der Waals surface area contributed by atoms with Crippen LogP contribution < -0.4 is 4.90 Å². The summed E-state index contributed by atoms with van der Waals surface area (Å²) >= 11 is 0. The van der Waals surface area contributed by atoms with E-state index >= 15 is 0 Å². The predicted molar refractivity (Wildman–Crippen MR) is 106 cm³/mol. The minimum absolute atomic E-state index is 0.115. The van der Waals surface area contributed by atoms with Gasteiger partial charge in [0.1, 0.15) is 5.69 Å². The smallest absolute Gasteiger partial charge is 0.294 e. The Kier molecular flexibility index (Phi) is 4.60. The van der Waals surface area contributed by atoms with Crippen molar-refractivity contribution in [1.82, 2.24) is 9.78 Å². The number of anilines is 1. The second-order valence-electron chi connectivity index (χ2n) is 8.69. The zero-order valence-electron chi connectivity index (χ0n) is 16.4. The quantitative estimate of drug-likeness (QED) is 0.457. The molecule has 1 aliphatic heterocycles. The fraction of sp³-hybridized carbons (Fsp3) is 0.611. The first-order valence-corrected chi connectivity index (χ1v) is 11.9. The number of fused-ring (bicyclic) bond motifs is 1. The summed E-state index contributed by atoms with van der Waals surface area (Å²) in [5.41, 5.74) is 1.43. The molecule has 1 aliphatic rings. The number of rotatable bonds is 4. The Morgan fingerprint density at radius 3 is 2.65 bits per heavy atom. The summed E-state index contributed by atoms with van der Waals surface area (Å²) in [6, 6.07) is 3.46. The topological polar surface area (TPSA) is 73.4 Å². The van der Waals surface area contributed by atoms with Crippen LogP contribution in [0.25, 0.3) is 10.9 Å². The molecule has 2 aromatic rings. The van der Waals surface area contributed by atoms with Crippen LogP contribution >= 0.6 is 0 Å². The number of aryl methyl sites for hydroxylation is 1. The maximum absolute atomic E-state index is 11.6. The van der Waals surface area contributed by atoms with Gasteiger partial charge in [-0.1, -0.05) is 20.8 Å². The SMILES string of the molecule is Cn1cc2cc(N3CCC(O[Si](C)(C)C(C)(C)C)C3)c([N+](=O)[O-])cc2n1. The highest BCUT2D eigenvalue weighted by molar-refractivity contribution is 6.74. The van der Waals surface area contributed by atoms with Gasteiger partial charge in [-0.05, 0) is 30.6 Å². The van der Waals surface area contributed by atoms with E-state index in [4.69, 9.17) is 4.43 Å². The van der Waals surface area contributed by atoms with Gasteiger partial charge in [-0.15, -0.1) is 0 Å². The number of nitrogens with zero attached hydrogens (tertiary/aromatic N) is 4. The van der Waals surface area contributed by atoms with Crippen LogP contribution in [-0.4, -0.2) is 42.2 Å². The second kappa shape index (κ2) is 6.35. The molecular weight excluding hydrogens is 348 g/mol. The number of nitro groups is 1. The van der Waals surface area contributed by atoms with Crippen molar-refractivity contribution in [2.24, 2.45) is 7.05 Å². The molecule has 0 amide bonds. The van der Waals surface area contributed by atoms with Crippen molar-refractivity contribution in [2.45, 2.75) is 51.4 Å². The van der Waals surface area contributed by atoms with Gasteiger partial charge in [-0.2, -0.15) is 5.10 Å². The summed E-state index contributed by atoms with van der Waals surface area (Å²) in [5, 5.41) is 17.0. The molecular formula is C18H28N4O3Si. The Balaban J connectivity index is 1.86. The van der Waals surface area contributed by atoms with Gasteiger partial charge >= 0.3 is 0 Å². The first-order valence-electron chi connectivity index (χ1n) is 9.02. The molecule has 0 N–H and O–H groups in total. The Morgan fingerprint density at radius 1 is 1.35 bits per heavy atom. The van der Waals surface area contributed by atoms with Crippen molar-refractivity contribution in [3.8, 4) is 0 Å². The lowest BCUT2D eigenvalue weighted by molar-refractivity contribution is -0.384. The van der Waals surface area contributed by atoms with Crippen LogP contribution in [0.1, 0.15) is 27.2 Å². The van der Waals surface area contributed by atoms with Gasteiger partial charge in [-0.3, -0.25) is 14.8 Å². The molecule has 1 unspecified atom stereocenters. The van der Waals surface area contributed by atoms with Crippen LogP contribution in [0, 0.1) is 10.1 Å². The van der Waals surface area contributed by atoms with Crippen LogP contribution in [-0.2, 0) is 11.5 Å². The van der Waals surface area contributed by atoms with Crippen molar-refractivity contribution >= 4 is 30.6 Å². The molecule has 142 valence electrons. The third kappa shape index (κ3) is 3.48. The molecule has 1 saturated heterocycles. The third-order valence-corrected chi connectivity index (χ3v) is 10.2. The molecule has 2 heterocycles. The van der Waals surface area contributed by atoms with E-state index in [9.17, 15) is 10.1 Å². The molecule has 1 aromatic carbocycles. The molecule has 8 heteroatoms. The van der Waals surface area contributed by atoms with Gasteiger partial charge in [0, 0.05) is 37.8 Å². The first kappa shape index (κ1) is 18.8. The minimum Gasteiger partial charge on any atom is -0.412 e. The predicted octanol–water partition coefficient (Wildman–Crippen LogP) is 4.08. The van der Waals surface area contributed by atoms with E-state index in [1.54, 1.807) is 10.7 Å². The maximum Gasteiger partial charge on any atom is 0.294 e. The van der Waals surface area contributed by atoms with E-state index in [-0.39, 0.29) is 21.8 Å². The number of hydrogen-bond donors (Lipinski definition) is 0. The van der Waals surface area contributed by atoms with Gasteiger partial charge in [0.2, 0.25) is 0 Å². The number of nitro benzene ring substituents is 1. The molecule has 0 saturated carbocycles. The molecule has 0 spiro atoms. The highest BCUT2D eigenvalue weighted by Gasteiger charge is 2.41. The highest BCUT2D eigenvalue weighted by Crippen LogP contribution is 2.40. The molecule has 3 rings (SSSR count). The fourth-order valence-corrected chi connectivity index (χ4v) is 4.59. The van der Waals surface area contributed by atoms with Gasteiger partial charge in [0.15, 0.2) is 8.32 Å². The molecule has 7 nitrogen and oxygen atoms in total. The van der Waals surface area contributed by atoms with Crippen molar-refractivity contribution in [1.29, 1.82) is 0 Å². The molecule has 26 heavy (non-hydrogen) atoms. The summed E-state index contributed by atoms with van der Waals surface area (Å²) in [6.07, 6.45) is 2.91. The Hall–Kier alpha value is -1.93. The average molecular weight is 377 g/mol. The van der Waals surface area contributed by atoms with Crippen LogP contribution in [0.5, 0.6) is 0 Å².